The topological polar surface area (TPSA) is 24.7 Å². The van der Waals surface area contributed by atoms with Gasteiger partial charge in [0.15, 0.2) is 0 Å². The highest BCUT2D eigenvalue weighted by atomic mass is 15.2. The van der Waals surface area contributed by atoms with E-state index in [2.05, 4.69) is 42.3 Å². The molecule has 0 unspecified atom stereocenters. The third kappa shape index (κ3) is 3.82. The summed E-state index contributed by atoms with van der Waals surface area (Å²) in [6, 6.07) is 0. The molecule has 2 nitrogen and oxygen atoms in total. The minimum absolute atomic E-state index is 0.474. The Morgan fingerprint density at radius 3 is 2.53 bits per heavy atom. The Morgan fingerprint density at radius 1 is 1.27 bits per heavy atom. The first-order chi connectivity index (χ1) is 7.11. The second kappa shape index (κ2) is 5.64. The van der Waals surface area contributed by atoms with Crippen LogP contribution >= 0.6 is 0 Å². The molecule has 1 rings (SSSR count). The Labute approximate surface area is 92.5 Å². The lowest BCUT2D eigenvalue weighted by Gasteiger charge is -2.07. The molecule has 0 spiro atoms. The van der Waals surface area contributed by atoms with E-state index in [1.807, 2.05) is 13.8 Å². The minimum atomic E-state index is 0.474. The standard InChI is InChI=1S/C13H20N2/c1-10(2)11(3)14-15-12(4)13-8-6-5-7-9-13/h5-6,8,10H,7,9H2,1-4H3/b14-11+,15-12+. The lowest BCUT2D eigenvalue weighted by atomic mass is 10.0. The van der Waals surface area contributed by atoms with Crippen molar-refractivity contribution in [2.75, 3.05) is 0 Å². The molecule has 0 heterocycles. The highest BCUT2D eigenvalue weighted by Gasteiger charge is 2.03. The lowest BCUT2D eigenvalue weighted by Crippen LogP contribution is -2.03. The van der Waals surface area contributed by atoms with Crippen LogP contribution in [0.3, 0.4) is 0 Å². The summed E-state index contributed by atoms with van der Waals surface area (Å²) in [5.41, 5.74) is 3.43. The first kappa shape index (κ1) is 11.9. The van der Waals surface area contributed by atoms with E-state index in [4.69, 9.17) is 0 Å². The summed E-state index contributed by atoms with van der Waals surface area (Å²) in [7, 11) is 0. The summed E-state index contributed by atoms with van der Waals surface area (Å²) in [5, 5.41) is 8.51. The van der Waals surface area contributed by atoms with Crippen molar-refractivity contribution in [3.8, 4) is 0 Å². The highest BCUT2D eigenvalue weighted by molar-refractivity contribution is 5.99. The lowest BCUT2D eigenvalue weighted by molar-refractivity contribution is 0.869. The molecule has 0 N–H and O–H groups in total. The number of allylic oxidation sites excluding steroid dienone is 4. The van der Waals surface area contributed by atoms with Gasteiger partial charge in [-0.1, -0.05) is 32.1 Å². The van der Waals surface area contributed by atoms with Crippen molar-refractivity contribution in [1.82, 2.24) is 0 Å². The predicted molar refractivity (Wildman–Crippen MR) is 67.5 cm³/mol. The zero-order chi connectivity index (χ0) is 11.3. The second-order valence-corrected chi connectivity index (χ2v) is 4.24. The summed E-state index contributed by atoms with van der Waals surface area (Å²) >= 11 is 0. The Kier molecular flexibility index (Phi) is 4.47. The first-order valence-electron chi connectivity index (χ1n) is 5.56. The van der Waals surface area contributed by atoms with Crippen LogP contribution in [0.4, 0.5) is 0 Å². The van der Waals surface area contributed by atoms with E-state index < -0.39 is 0 Å². The fraction of sp³-hybridized carbons (Fsp3) is 0.538. The fourth-order valence-corrected chi connectivity index (χ4v) is 1.24. The van der Waals surface area contributed by atoms with Gasteiger partial charge in [-0.2, -0.15) is 10.2 Å². The van der Waals surface area contributed by atoms with Gasteiger partial charge in [0.05, 0.1) is 5.71 Å². The van der Waals surface area contributed by atoms with Crippen LogP contribution in [0, 0.1) is 5.92 Å². The van der Waals surface area contributed by atoms with Crippen LogP contribution in [0.25, 0.3) is 0 Å². The zero-order valence-electron chi connectivity index (χ0n) is 10.1. The van der Waals surface area contributed by atoms with Crippen LogP contribution in [-0.2, 0) is 0 Å². The van der Waals surface area contributed by atoms with Gasteiger partial charge in [0.25, 0.3) is 0 Å². The molecular formula is C13H20N2. The van der Waals surface area contributed by atoms with Gasteiger partial charge in [-0.15, -0.1) is 0 Å². The number of nitrogens with zero attached hydrogens (tertiary/aromatic N) is 2. The van der Waals surface area contributed by atoms with Crippen molar-refractivity contribution in [1.29, 1.82) is 0 Å². The van der Waals surface area contributed by atoms with Crippen LogP contribution in [-0.4, -0.2) is 11.4 Å². The van der Waals surface area contributed by atoms with Gasteiger partial charge >= 0.3 is 0 Å². The maximum atomic E-state index is 4.27. The molecule has 15 heavy (non-hydrogen) atoms. The maximum absolute atomic E-state index is 4.27. The highest BCUT2D eigenvalue weighted by Crippen LogP contribution is 2.13. The molecule has 0 atom stereocenters. The average molecular weight is 204 g/mol. The van der Waals surface area contributed by atoms with Crippen molar-refractivity contribution < 1.29 is 0 Å². The van der Waals surface area contributed by atoms with Gasteiger partial charge in [-0.05, 0) is 38.2 Å². The van der Waals surface area contributed by atoms with E-state index in [-0.39, 0.29) is 0 Å². The van der Waals surface area contributed by atoms with E-state index in [1.54, 1.807) is 0 Å². The van der Waals surface area contributed by atoms with Gasteiger partial charge in [-0.25, -0.2) is 0 Å². The minimum Gasteiger partial charge on any atom is -0.160 e. The molecule has 1 aliphatic rings. The second-order valence-electron chi connectivity index (χ2n) is 4.24. The largest absolute Gasteiger partial charge is 0.160 e. The molecule has 0 aromatic heterocycles. The monoisotopic (exact) mass is 204 g/mol. The maximum Gasteiger partial charge on any atom is 0.0631 e. The van der Waals surface area contributed by atoms with Gasteiger partial charge in [0.1, 0.15) is 0 Å². The number of rotatable bonds is 3. The average Bonchev–Trinajstić information content (AvgIpc) is 2.26. The molecule has 0 fully saturated rings. The SMILES string of the molecule is C/C(=N\N=C(/C)C(C)C)C1=CC=CCC1. The predicted octanol–water partition coefficient (Wildman–Crippen LogP) is 3.76. The third-order valence-corrected chi connectivity index (χ3v) is 2.67. The molecule has 0 bridgehead atoms. The van der Waals surface area contributed by atoms with Crippen LogP contribution in [0.2, 0.25) is 0 Å². The molecule has 2 heteroatoms. The summed E-state index contributed by atoms with van der Waals surface area (Å²) in [6.45, 7) is 8.32. The molecule has 82 valence electrons. The van der Waals surface area contributed by atoms with Gasteiger partial charge < -0.3 is 0 Å². The zero-order valence-corrected chi connectivity index (χ0v) is 10.1. The van der Waals surface area contributed by atoms with Crippen LogP contribution < -0.4 is 0 Å². The summed E-state index contributed by atoms with van der Waals surface area (Å²) < 4.78 is 0. The number of hydrogen-bond acceptors (Lipinski definition) is 2. The van der Waals surface area contributed by atoms with Crippen molar-refractivity contribution in [3.63, 3.8) is 0 Å². The molecule has 0 radical (unpaired) electrons. The molecule has 0 saturated heterocycles. The van der Waals surface area contributed by atoms with Gasteiger partial charge in [0.2, 0.25) is 0 Å². The van der Waals surface area contributed by atoms with Crippen molar-refractivity contribution in [3.05, 3.63) is 23.8 Å². The smallest absolute Gasteiger partial charge is 0.0631 e. The van der Waals surface area contributed by atoms with E-state index in [0.29, 0.717) is 5.92 Å². The third-order valence-electron chi connectivity index (χ3n) is 2.67. The fourth-order valence-electron chi connectivity index (χ4n) is 1.24. The van der Waals surface area contributed by atoms with Crippen LogP contribution in [0.1, 0.15) is 40.5 Å². The van der Waals surface area contributed by atoms with E-state index in [1.165, 1.54) is 5.57 Å². The van der Waals surface area contributed by atoms with Gasteiger partial charge in [-0.3, -0.25) is 0 Å². The number of hydrogen-bond donors (Lipinski definition) is 0. The summed E-state index contributed by atoms with van der Waals surface area (Å²) in [5.74, 6) is 0.474. The molecule has 0 aromatic rings. The molecule has 1 aliphatic carbocycles. The van der Waals surface area contributed by atoms with Crippen molar-refractivity contribution >= 4 is 11.4 Å². The van der Waals surface area contributed by atoms with Crippen LogP contribution in [0.5, 0.6) is 0 Å². The van der Waals surface area contributed by atoms with Crippen molar-refractivity contribution in [2.24, 2.45) is 16.1 Å². The van der Waals surface area contributed by atoms with E-state index >= 15 is 0 Å². The molecule has 0 saturated carbocycles. The van der Waals surface area contributed by atoms with Crippen LogP contribution in [0.15, 0.2) is 34.0 Å². The Bertz CT molecular complexity index is 330. The Hall–Kier alpha value is -1.18. The molecule has 0 amide bonds. The Balaban J connectivity index is 2.71. The first-order valence-corrected chi connectivity index (χ1v) is 5.56. The quantitative estimate of drug-likeness (QED) is 0.494. The molecular weight excluding hydrogens is 184 g/mol. The van der Waals surface area contributed by atoms with E-state index in [9.17, 15) is 0 Å². The summed E-state index contributed by atoms with van der Waals surface area (Å²) in [6.07, 6.45) is 8.60. The van der Waals surface area contributed by atoms with E-state index in [0.717, 1.165) is 24.3 Å². The summed E-state index contributed by atoms with van der Waals surface area (Å²) in [4.78, 5) is 0. The molecule has 0 aromatic carbocycles. The van der Waals surface area contributed by atoms with Gasteiger partial charge in [0, 0.05) is 5.71 Å². The Morgan fingerprint density at radius 2 is 2.00 bits per heavy atom. The van der Waals surface area contributed by atoms with Crippen molar-refractivity contribution in [2.45, 2.75) is 40.5 Å². The normalized spacial score (nSPS) is 18.3. The molecule has 0 aliphatic heterocycles.